The maximum absolute atomic E-state index is 12.1. The van der Waals surface area contributed by atoms with Crippen LogP contribution in [0.15, 0.2) is 60.9 Å². The van der Waals surface area contributed by atoms with Gasteiger partial charge in [0.15, 0.2) is 0 Å². The summed E-state index contributed by atoms with van der Waals surface area (Å²) in [5.41, 5.74) is 3.72. The SMILES string of the molecule is Cc1ccnn1-c1cccc(NC(=O)CSCc2ccccn2)c1. The highest BCUT2D eigenvalue weighted by Crippen LogP contribution is 2.16. The van der Waals surface area contributed by atoms with Crippen LogP contribution in [0.2, 0.25) is 0 Å². The Kier molecular flexibility index (Phi) is 5.28. The number of carbonyl (C=O) groups excluding carboxylic acids is 1. The Morgan fingerprint density at radius 1 is 1.17 bits per heavy atom. The maximum atomic E-state index is 12.1. The maximum Gasteiger partial charge on any atom is 0.234 e. The number of pyridine rings is 1. The van der Waals surface area contributed by atoms with E-state index >= 15 is 0 Å². The lowest BCUT2D eigenvalue weighted by atomic mass is 10.2. The Labute approximate surface area is 145 Å². The summed E-state index contributed by atoms with van der Waals surface area (Å²) < 4.78 is 1.84. The van der Waals surface area contributed by atoms with Crippen molar-refractivity contribution in [3.05, 3.63) is 72.3 Å². The molecule has 24 heavy (non-hydrogen) atoms. The smallest absolute Gasteiger partial charge is 0.234 e. The third kappa shape index (κ3) is 4.23. The fourth-order valence-corrected chi connectivity index (χ4v) is 3.02. The highest BCUT2D eigenvalue weighted by molar-refractivity contribution is 7.99. The number of aromatic nitrogens is 3. The lowest BCUT2D eigenvalue weighted by Crippen LogP contribution is -2.14. The molecule has 3 aromatic rings. The second kappa shape index (κ2) is 7.79. The number of rotatable bonds is 6. The number of amides is 1. The summed E-state index contributed by atoms with van der Waals surface area (Å²) in [5.74, 6) is 1.09. The number of hydrogen-bond acceptors (Lipinski definition) is 4. The minimum Gasteiger partial charge on any atom is -0.325 e. The average Bonchev–Trinajstić information content (AvgIpc) is 3.02. The molecule has 0 aliphatic carbocycles. The lowest BCUT2D eigenvalue weighted by molar-refractivity contribution is -0.113. The van der Waals surface area contributed by atoms with Crippen LogP contribution in [0, 0.1) is 6.92 Å². The van der Waals surface area contributed by atoms with Crippen molar-refractivity contribution in [1.29, 1.82) is 0 Å². The summed E-state index contributed by atoms with van der Waals surface area (Å²) in [5, 5.41) is 7.21. The lowest BCUT2D eigenvalue weighted by Gasteiger charge is -2.09. The summed E-state index contributed by atoms with van der Waals surface area (Å²) in [6.45, 7) is 1.99. The quantitative estimate of drug-likeness (QED) is 0.748. The van der Waals surface area contributed by atoms with Gasteiger partial charge in [0.25, 0.3) is 0 Å². The van der Waals surface area contributed by atoms with Gasteiger partial charge in [-0.05, 0) is 43.3 Å². The van der Waals surface area contributed by atoms with E-state index < -0.39 is 0 Å². The second-order valence-electron chi connectivity index (χ2n) is 5.30. The minimum absolute atomic E-state index is 0.0229. The zero-order valence-electron chi connectivity index (χ0n) is 13.3. The molecule has 3 rings (SSSR count). The molecule has 0 unspecified atom stereocenters. The van der Waals surface area contributed by atoms with Gasteiger partial charge in [0, 0.05) is 29.5 Å². The van der Waals surface area contributed by atoms with Gasteiger partial charge in [0.2, 0.25) is 5.91 Å². The molecule has 0 aliphatic rings. The number of nitrogens with one attached hydrogen (secondary N) is 1. The molecule has 1 amide bonds. The summed E-state index contributed by atoms with van der Waals surface area (Å²) in [4.78, 5) is 16.3. The van der Waals surface area contributed by atoms with Crippen molar-refractivity contribution in [2.45, 2.75) is 12.7 Å². The first kappa shape index (κ1) is 16.3. The van der Waals surface area contributed by atoms with Gasteiger partial charge in [-0.15, -0.1) is 11.8 Å². The molecule has 0 aliphatic heterocycles. The Balaban J connectivity index is 1.56. The predicted octanol–water partition coefficient (Wildman–Crippen LogP) is 3.45. The van der Waals surface area contributed by atoms with Gasteiger partial charge in [0.1, 0.15) is 0 Å². The van der Waals surface area contributed by atoms with Crippen molar-refractivity contribution in [3.63, 3.8) is 0 Å². The zero-order valence-corrected chi connectivity index (χ0v) is 14.2. The monoisotopic (exact) mass is 338 g/mol. The first-order valence-electron chi connectivity index (χ1n) is 7.61. The van der Waals surface area contributed by atoms with Gasteiger partial charge in [0.05, 0.1) is 17.1 Å². The van der Waals surface area contributed by atoms with E-state index in [2.05, 4.69) is 15.4 Å². The standard InChI is InChI=1S/C18H18N4OS/c1-14-8-10-20-22(14)17-7-4-6-15(11-17)21-18(23)13-24-12-16-5-2-3-9-19-16/h2-11H,12-13H2,1H3,(H,21,23). The normalized spacial score (nSPS) is 10.5. The summed E-state index contributed by atoms with van der Waals surface area (Å²) in [6.07, 6.45) is 3.52. The van der Waals surface area contributed by atoms with Crippen LogP contribution in [-0.2, 0) is 10.5 Å². The van der Waals surface area contributed by atoms with E-state index in [0.29, 0.717) is 5.75 Å². The Hall–Kier alpha value is -2.60. The third-order valence-electron chi connectivity index (χ3n) is 3.42. The Morgan fingerprint density at radius 3 is 2.83 bits per heavy atom. The van der Waals surface area contributed by atoms with E-state index in [1.807, 2.05) is 60.1 Å². The predicted molar refractivity (Wildman–Crippen MR) is 97.3 cm³/mol. The summed E-state index contributed by atoms with van der Waals surface area (Å²) in [7, 11) is 0. The van der Waals surface area contributed by atoms with Crippen LogP contribution in [0.5, 0.6) is 0 Å². The molecule has 122 valence electrons. The Morgan fingerprint density at radius 2 is 2.08 bits per heavy atom. The van der Waals surface area contributed by atoms with Crippen molar-refractivity contribution >= 4 is 23.4 Å². The van der Waals surface area contributed by atoms with Crippen LogP contribution in [0.1, 0.15) is 11.4 Å². The van der Waals surface area contributed by atoms with Crippen LogP contribution in [0.3, 0.4) is 0 Å². The van der Waals surface area contributed by atoms with E-state index in [1.54, 1.807) is 24.2 Å². The van der Waals surface area contributed by atoms with E-state index in [0.717, 1.165) is 28.5 Å². The average molecular weight is 338 g/mol. The molecule has 2 heterocycles. The molecular formula is C18H18N4OS. The topological polar surface area (TPSA) is 59.8 Å². The molecule has 2 aromatic heterocycles. The van der Waals surface area contributed by atoms with Gasteiger partial charge in [-0.25, -0.2) is 4.68 Å². The molecular weight excluding hydrogens is 320 g/mol. The van der Waals surface area contributed by atoms with Gasteiger partial charge in [-0.2, -0.15) is 5.10 Å². The molecule has 0 fully saturated rings. The van der Waals surface area contributed by atoms with E-state index in [1.165, 1.54) is 0 Å². The number of thioether (sulfide) groups is 1. The van der Waals surface area contributed by atoms with Crippen molar-refractivity contribution in [1.82, 2.24) is 14.8 Å². The Bertz CT molecular complexity index is 817. The van der Waals surface area contributed by atoms with Crippen molar-refractivity contribution < 1.29 is 4.79 Å². The van der Waals surface area contributed by atoms with E-state index in [4.69, 9.17) is 0 Å². The van der Waals surface area contributed by atoms with E-state index in [9.17, 15) is 4.79 Å². The minimum atomic E-state index is -0.0229. The van der Waals surface area contributed by atoms with Crippen LogP contribution in [0.25, 0.3) is 5.69 Å². The number of benzene rings is 1. The molecule has 0 spiro atoms. The molecule has 1 N–H and O–H groups in total. The molecule has 6 heteroatoms. The molecule has 1 aromatic carbocycles. The van der Waals surface area contributed by atoms with Gasteiger partial charge < -0.3 is 5.32 Å². The largest absolute Gasteiger partial charge is 0.325 e. The molecule has 0 saturated heterocycles. The highest BCUT2D eigenvalue weighted by atomic mass is 32.2. The van der Waals surface area contributed by atoms with Crippen LogP contribution >= 0.6 is 11.8 Å². The first-order valence-corrected chi connectivity index (χ1v) is 8.76. The molecule has 0 bridgehead atoms. The number of nitrogens with zero attached hydrogens (tertiary/aromatic N) is 3. The fourth-order valence-electron chi connectivity index (χ4n) is 2.28. The third-order valence-corrected chi connectivity index (χ3v) is 4.38. The zero-order chi connectivity index (χ0) is 16.8. The molecule has 0 saturated carbocycles. The van der Waals surface area contributed by atoms with Crippen molar-refractivity contribution in [3.8, 4) is 5.69 Å². The molecule has 5 nitrogen and oxygen atoms in total. The van der Waals surface area contributed by atoms with Gasteiger partial charge in [-0.1, -0.05) is 12.1 Å². The van der Waals surface area contributed by atoms with Crippen LogP contribution in [0.4, 0.5) is 5.69 Å². The number of carbonyl (C=O) groups is 1. The fraction of sp³-hybridized carbons (Fsp3) is 0.167. The molecule has 0 atom stereocenters. The van der Waals surface area contributed by atoms with Crippen molar-refractivity contribution in [2.24, 2.45) is 0 Å². The summed E-state index contributed by atoms with van der Waals surface area (Å²) in [6, 6.07) is 15.4. The highest BCUT2D eigenvalue weighted by Gasteiger charge is 2.06. The number of hydrogen-bond donors (Lipinski definition) is 1. The number of anilines is 1. The van der Waals surface area contributed by atoms with Gasteiger partial charge >= 0.3 is 0 Å². The van der Waals surface area contributed by atoms with E-state index in [-0.39, 0.29) is 5.91 Å². The van der Waals surface area contributed by atoms with Gasteiger partial charge in [-0.3, -0.25) is 9.78 Å². The van der Waals surface area contributed by atoms with Crippen LogP contribution < -0.4 is 5.32 Å². The second-order valence-corrected chi connectivity index (χ2v) is 6.28. The first-order chi connectivity index (χ1) is 11.7. The molecule has 0 radical (unpaired) electrons. The van der Waals surface area contributed by atoms with Crippen molar-refractivity contribution in [2.75, 3.05) is 11.1 Å². The summed E-state index contributed by atoms with van der Waals surface area (Å²) >= 11 is 1.55. The van der Waals surface area contributed by atoms with Crippen LogP contribution in [-0.4, -0.2) is 26.4 Å². The number of aryl methyl sites for hydroxylation is 1.